The molecule has 0 fully saturated rings. The fraction of sp³-hybridized carbons (Fsp3) is 0.261. The molecule has 1 aromatic heterocycles. The zero-order chi connectivity index (χ0) is 25.9. The van der Waals surface area contributed by atoms with E-state index in [2.05, 4.69) is 10.4 Å². The van der Waals surface area contributed by atoms with Gasteiger partial charge in [-0.25, -0.2) is 13.5 Å². The molecule has 1 unspecified atom stereocenters. The molecule has 0 radical (unpaired) electrons. The number of hydrogen-bond donors (Lipinski definition) is 2. The van der Waals surface area contributed by atoms with Gasteiger partial charge in [-0.1, -0.05) is 30.3 Å². The van der Waals surface area contributed by atoms with Crippen molar-refractivity contribution in [2.75, 3.05) is 0 Å². The van der Waals surface area contributed by atoms with Crippen molar-refractivity contribution in [1.29, 1.82) is 0 Å². The van der Waals surface area contributed by atoms with E-state index in [1.165, 1.54) is 37.4 Å². The summed E-state index contributed by atoms with van der Waals surface area (Å²) in [6.07, 6.45) is -8.79. The largest absolute Gasteiger partial charge is 0.438 e. The van der Waals surface area contributed by atoms with Crippen molar-refractivity contribution in [1.82, 2.24) is 15.1 Å². The van der Waals surface area contributed by atoms with Crippen molar-refractivity contribution >= 4 is 12.2 Å². The summed E-state index contributed by atoms with van der Waals surface area (Å²) in [7, 11) is 1.21. The highest BCUT2D eigenvalue weighted by atomic mass is 19.4. The van der Waals surface area contributed by atoms with Crippen molar-refractivity contribution in [2.24, 2.45) is 7.05 Å². The van der Waals surface area contributed by atoms with E-state index in [1.54, 1.807) is 6.92 Å². The number of aldehydes is 1. The molecule has 0 aliphatic heterocycles. The highest BCUT2D eigenvalue weighted by molar-refractivity contribution is 5.98. The van der Waals surface area contributed by atoms with Crippen LogP contribution in [-0.2, 0) is 18.0 Å². The number of aliphatic hydroxyl groups excluding tert-OH is 1. The monoisotopic (exact) mass is 497 g/mol. The number of carbonyl (C=O) groups excluding carboxylic acids is 2. The molecule has 12 heteroatoms. The van der Waals surface area contributed by atoms with E-state index in [1.807, 2.05) is 0 Å². The van der Waals surface area contributed by atoms with Crippen molar-refractivity contribution in [3.8, 4) is 11.6 Å². The van der Waals surface area contributed by atoms with Crippen LogP contribution < -0.4 is 10.1 Å². The van der Waals surface area contributed by atoms with Crippen LogP contribution in [-0.4, -0.2) is 27.1 Å². The van der Waals surface area contributed by atoms with E-state index in [0.717, 1.165) is 16.8 Å². The summed E-state index contributed by atoms with van der Waals surface area (Å²) in [6.45, 7) is 1.56. The van der Waals surface area contributed by atoms with Crippen LogP contribution in [0.5, 0.6) is 11.6 Å². The van der Waals surface area contributed by atoms with Gasteiger partial charge in [0.1, 0.15) is 23.1 Å². The number of nitrogens with one attached hydrogen (secondary N) is 1. The van der Waals surface area contributed by atoms with Gasteiger partial charge in [-0.15, -0.1) is 0 Å². The van der Waals surface area contributed by atoms with Crippen LogP contribution in [0, 0.1) is 0 Å². The highest BCUT2D eigenvalue weighted by Gasteiger charge is 2.33. The van der Waals surface area contributed by atoms with Crippen LogP contribution >= 0.6 is 0 Å². The molecule has 186 valence electrons. The molecular weight excluding hydrogens is 477 g/mol. The van der Waals surface area contributed by atoms with E-state index in [0.29, 0.717) is 23.5 Å². The molecule has 0 saturated heterocycles. The first-order valence-electron chi connectivity index (χ1n) is 10.2. The number of ether oxygens (including phenoxy) is 1. The van der Waals surface area contributed by atoms with Crippen molar-refractivity contribution in [2.45, 2.75) is 31.7 Å². The maximum atomic E-state index is 13.6. The summed E-state index contributed by atoms with van der Waals surface area (Å²) in [5, 5.41) is 15.7. The third-order valence-corrected chi connectivity index (χ3v) is 5.09. The normalized spacial score (nSPS) is 13.4. The van der Waals surface area contributed by atoms with Crippen LogP contribution in [0.3, 0.4) is 0 Å². The molecule has 35 heavy (non-hydrogen) atoms. The first-order valence-corrected chi connectivity index (χ1v) is 10.2. The smallest absolute Gasteiger partial charge is 0.416 e. The molecule has 3 rings (SSSR count). The number of aromatic nitrogens is 2. The summed E-state index contributed by atoms with van der Waals surface area (Å²) in [5.74, 6) is -1.77. The van der Waals surface area contributed by atoms with Crippen LogP contribution in [0.1, 0.15) is 58.2 Å². The average Bonchev–Trinajstić information content (AvgIpc) is 3.14. The average molecular weight is 497 g/mol. The van der Waals surface area contributed by atoms with Crippen molar-refractivity contribution < 1.29 is 41.4 Å². The molecule has 0 aliphatic carbocycles. The van der Waals surface area contributed by atoms with E-state index >= 15 is 0 Å². The van der Waals surface area contributed by atoms with Gasteiger partial charge < -0.3 is 20.0 Å². The third kappa shape index (κ3) is 5.83. The minimum absolute atomic E-state index is 0.324. The minimum atomic E-state index is -4.66. The highest BCUT2D eigenvalue weighted by Crippen LogP contribution is 2.36. The van der Waals surface area contributed by atoms with Gasteiger partial charge in [0.15, 0.2) is 6.29 Å². The fourth-order valence-electron chi connectivity index (χ4n) is 3.27. The summed E-state index contributed by atoms with van der Waals surface area (Å²) in [5.41, 5.74) is -1.69. The second kappa shape index (κ2) is 10.2. The Labute approximate surface area is 196 Å². The standard InChI is InChI=1S/C23H20F5N3O4/c1-12(13-6-8-14(9-7-13)17(33)11-32)29-21(34)18-19(20(24)25)30-31(2)22(18)35-16-5-3-4-15(10-16)23(26,27)28/h3-12,17,20,33H,1-2H3,(H,29,34)/t12-,17?/m0/s1. The Morgan fingerprint density at radius 2 is 1.77 bits per heavy atom. The van der Waals surface area contributed by atoms with Gasteiger partial charge >= 0.3 is 6.18 Å². The van der Waals surface area contributed by atoms with Crippen molar-refractivity contribution in [3.63, 3.8) is 0 Å². The summed E-state index contributed by atoms with van der Waals surface area (Å²) in [4.78, 5) is 23.7. The van der Waals surface area contributed by atoms with Crippen LogP contribution in [0.2, 0.25) is 0 Å². The first kappa shape index (κ1) is 25.8. The molecule has 2 N–H and O–H groups in total. The summed E-state index contributed by atoms with van der Waals surface area (Å²) >= 11 is 0. The zero-order valence-electron chi connectivity index (χ0n) is 18.4. The van der Waals surface area contributed by atoms with Crippen LogP contribution in [0.15, 0.2) is 48.5 Å². The van der Waals surface area contributed by atoms with Crippen molar-refractivity contribution in [3.05, 3.63) is 76.5 Å². The molecule has 0 spiro atoms. The van der Waals surface area contributed by atoms with Gasteiger partial charge in [0.2, 0.25) is 5.88 Å². The Kier molecular flexibility index (Phi) is 7.54. The van der Waals surface area contributed by atoms with E-state index in [9.17, 15) is 36.6 Å². The van der Waals surface area contributed by atoms with Gasteiger partial charge in [0.05, 0.1) is 11.6 Å². The van der Waals surface area contributed by atoms with E-state index < -0.39 is 53.4 Å². The zero-order valence-corrected chi connectivity index (χ0v) is 18.4. The Hall–Kier alpha value is -3.80. The van der Waals surface area contributed by atoms with Gasteiger partial charge in [0.25, 0.3) is 12.3 Å². The number of alkyl halides is 5. The first-order chi connectivity index (χ1) is 16.4. The van der Waals surface area contributed by atoms with Gasteiger partial charge in [0, 0.05) is 7.05 Å². The Morgan fingerprint density at radius 3 is 2.34 bits per heavy atom. The number of halogens is 5. The number of aryl methyl sites for hydroxylation is 1. The minimum Gasteiger partial charge on any atom is -0.438 e. The quantitative estimate of drug-likeness (QED) is 0.342. The molecule has 0 bridgehead atoms. The van der Waals surface area contributed by atoms with Crippen LogP contribution in [0.4, 0.5) is 22.0 Å². The number of amides is 1. The number of rotatable bonds is 8. The molecule has 2 aromatic carbocycles. The molecule has 2 atom stereocenters. The van der Waals surface area contributed by atoms with Crippen LogP contribution in [0.25, 0.3) is 0 Å². The van der Waals surface area contributed by atoms with E-state index in [-0.39, 0.29) is 5.75 Å². The lowest BCUT2D eigenvalue weighted by Gasteiger charge is -2.16. The predicted molar refractivity (Wildman–Crippen MR) is 113 cm³/mol. The molecule has 0 aliphatic rings. The lowest BCUT2D eigenvalue weighted by molar-refractivity contribution is -0.137. The lowest BCUT2D eigenvalue weighted by Crippen LogP contribution is -2.27. The number of carbonyl (C=O) groups is 2. The number of aliphatic hydroxyl groups is 1. The number of nitrogens with zero attached hydrogens (tertiary/aromatic N) is 2. The summed E-state index contributed by atoms with van der Waals surface area (Å²) in [6, 6.07) is 9.04. The van der Waals surface area contributed by atoms with Gasteiger partial charge in [-0.2, -0.15) is 18.3 Å². The topological polar surface area (TPSA) is 93.5 Å². The Bertz CT molecular complexity index is 1210. The predicted octanol–water partition coefficient (Wildman–Crippen LogP) is 4.89. The van der Waals surface area contributed by atoms with Gasteiger partial charge in [-0.05, 0) is 36.2 Å². The lowest BCUT2D eigenvalue weighted by atomic mass is 10.0. The van der Waals surface area contributed by atoms with E-state index in [4.69, 9.17) is 4.74 Å². The number of hydrogen-bond acceptors (Lipinski definition) is 5. The maximum absolute atomic E-state index is 13.6. The second-order valence-corrected chi connectivity index (χ2v) is 7.56. The number of benzene rings is 2. The fourth-order valence-corrected chi connectivity index (χ4v) is 3.27. The molecule has 0 saturated carbocycles. The Morgan fingerprint density at radius 1 is 1.14 bits per heavy atom. The molecule has 3 aromatic rings. The molecule has 1 amide bonds. The Balaban J connectivity index is 1.91. The second-order valence-electron chi connectivity index (χ2n) is 7.56. The molecule has 7 nitrogen and oxygen atoms in total. The third-order valence-electron chi connectivity index (χ3n) is 5.09. The summed E-state index contributed by atoms with van der Waals surface area (Å²) < 4.78 is 72.6. The SMILES string of the molecule is C[C@H](NC(=O)c1c(C(F)F)nn(C)c1Oc1cccc(C(F)(F)F)c1)c1ccc(C(O)C=O)cc1. The maximum Gasteiger partial charge on any atom is 0.416 e. The molecule has 1 heterocycles. The van der Waals surface area contributed by atoms with Gasteiger partial charge in [-0.3, -0.25) is 4.79 Å². The molecular formula is C23H20F5N3O4.